The molecule has 0 amide bonds. The number of halogens is 1. The molecule has 134 valence electrons. The van der Waals surface area contributed by atoms with E-state index < -0.39 is 0 Å². The van der Waals surface area contributed by atoms with Gasteiger partial charge in [-0.05, 0) is 23.3 Å². The zero-order valence-electron chi connectivity index (χ0n) is 14.4. The molecule has 0 fully saturated rings. The van der Waals surface area contributed by atoms with Gasteiger partial charge in [0.25, 0.3) is 0 Å². The number of anilines is 1. The van der Waals surface area contributed by atoms with Gasteiger partial charge in [0, 0.05) is 23.1 Å². The fourth-order valence-electron chi connectivity index (χ4n) is 4.08. The lowest BCUT2D eigenvalue weighted by Crippen LogP contribution is -2.40. The van der Waals surface area contributed by atoms with Crippen LogP contribution in [0.1, 0.15) is 29.5 Å². The first kappa shape index (κ1) is 16.3. The van der Waals surface area contributed by atoms with Crippen LogP contribution in [0.25, 0.3) is 0 Å². The molecular formula is C21H17ClN4O. The van der Waals surface area contributed by atoms with Crippen molar-refractivity contribution in [3.05, 3.63) is 88.8 Å². The van der Waals surface area contributed by atoms with Crippen LogP contribution in [-0.4, -0.2) is 20.5 Å². The van der Waals surface area contributed by atoms with E-state index >= 15 is 0 Å². The zero-order valence-corrected chi connectivity index (χ0v) is 15.2. The summed E-state index contributed by atoms with van der Waals surface area (Å²) in [7, 11) is 0. The Balaban J connectivity index is 1.60. The number of Topliss-reactive ketones (excluding diaryl/α,β-unsaturated/α-hetero) is 1. The average molecular weight is 377 g/mol. The highest BCUT2D eigenvalue weighted by atomic mass is 35.5. The molecule has 1 aliphatic heterocycles. The Hall–Kier alpha value is -2.92. The number of benzene rings is 2. The van der Waals surface area contributed by atoms with Gasteiger partial charge in [-0.1, -0.05) is 60.1 Å². The second-order valence-electron chi connectivity index (χ2n) is 6.94. The van der Waals surface area contributed by atoms with E-state index in [1.54, 1.807) is 0 Å². The summed E-state index contributed by atoms with van der Waals surface area (Å²) < 4.78 is 1.82. The first-order chi connectivity index (χ1) is 13.2. The van der Waals surface area contributed by atoms with E-state index in [-0.39, 0.29) is 23.7 Å². The molecule has 1 aliphatic carbocycles. The highest BCUT2D eigenvalue weighted by Crippen LogP contribution is 2.43. The topological polar surface area (TPSA) is 59.8 Å². The van der Waals surface area contributed by atoms with Crippen molar-refractivity contribution >= 4 is 23.3 Å². The average Bonchev–Trinajstić information content (AvgIpc) is 3.15. The minimum Gasteiger partial charge on any atom is -0.328 e. The number of rotatable bonds is 2. The third-order valence-electron chi connectivity index (χ3n) is 5.33. The Morgan fingerprint density at radius 3 is 2.59 bits per heavy atom. The fourth-order valence-corrected chi connectivity index (χ4v) is 4.21. The van der Waals surface area contributed by atoms with E-state index in [0.29, 0.717) is 17.4 Å². The lowest BCUT2D eigenvalue weighted by molar-refractivity contribution is -0.123. The molecule has 1 N–H and O–H groups in total. The van der Waals surface area contributed by atoms with Crippen molar-refractivity contribution in [1.29, 1.82) is 0 Å². The molecule has 2 aliphatic rings. The molecule has 5 rings (SSSR count). The van der Waals surface area contributed by atoms with Gasteiger partial charge in [0.15, 0.2) is 0 Å². The second-order valence-corrected chi connectivity index (χ2v) is 7.37. The summed E-state index contributed by atoms with van der Waals surface area (Å²) in [6, 6.07) is 17.5. The minimum atomic E-state index is -0.287. The van der Waals surface area contributed by atoms with Crippen LogP contribution in [0.5, 0.6) is 0 Å². The molecule has 27 heavy (non-hydrogen) atoms. The summed E-state index contributed by atoms with van der Waals surface area (Å²) in [6.45, 7) is 0. The van der Waals surface area contributed by atoms with Crippen molar-refractivity contribution in [2.75, 3.05) is 5.32 Å². The molecule has 0 bridgehead atoms. The number of fused-ring (bicyclic) bond motifs is 2. The SMILES string of the molecule is O=C1C[C@H](c2ccc(Cl)cc2)C=C2Nc3ncnn3[C@H](c3ccccc3)[C@@H]12. The quantitative estimate of drug-likeness (QED) is 0.728. The maximum Gasteiger partial charge on any atom is 0.226 e. The van der Waals surface area contributed by atoms with E-state index in [1.165, 1.54) is 6.33 Å². The zero-order chi connectivity index (χ0) is 18.4. The largest absolute Gasteiger partial charge is 0.328 e. The van der Waals surface area contributed by atoms with Crippen LogP contribution in [-0.2, 0) is 4.79 Å². The van der Waals surface area contributed by atoms with Crippen molar-refractivity contribution in [1.82, 2.24) is 14.8 Å². The van der Waals surface area contributed by atoms with E-state index in [2.05, 4.69) is 21.5 Å². The molecule has 1 aromatic heterocycles. The molecule has 2 aromatic carbocycles. The Labute approximate surface area is 161 Å². The maximum atomic E-state index is 13.2. The number of aromatic nitrogens is 3. The van der Waals surface area contributed by atoms with E-state index in [9.17, 15) is 4.79 Å². The predicted molar refractivity (Wildman–Crippen MR) is 104 cm³/mol. The number of hydrogen-bond acceptors (Lipinski definition) is 4. The Kier molecular flexibility index (Phi) is 3.83. The second kappa shape index (κ2) is 6.35. The monoisotopic (exact) mass is 376 g/mol. The number of ketones is 1. The van der Waals surface area contributed by atoms with Gasteiger partial charge in [-0.3, -0.25) is 4.79 Å². The Morgan fingerprint density at radius 2 is 1.81 bits per heavy atom. The molecule has 0 radical (unpaired) electrons. The number of allylic oxidation sites excluding steroid dienone is 2. The van der Waals surface area contributed by atoms with Gasteiger partial charge in [0.2, 0.25) is 5.95 Å². The van der Waals surface area contributed by atoms with Gasteiger partial charge in [0.05, 0.1) is 12.0 Å². The van der Waals surface area contributed by atoms with Crippen LogP contribution in [0.2, 0.25) is 5.02 Å². The third-order valence-corrected chi connectivity index (χ3v) is 5.58. The summed E-state index contributed by atoms with van der Waals surface area (Å²) in [5.41, 5.74) is 3.05. The van der Waals surface area contributed by atoms with Crippen molar-refractivity contribution in [2.45, 2.75) is 18.4 Å². The molecule has 5 nitrogen and oxygen atoms in total. The summed E-state index contributed by atoms with van der Waals surface area (Å²) in [4.78, 5) is 17.6. The molecule has 0 saturated heterocycles. The van der Waals surface area contributed by atoms with Crippen LogP contribution in [0, 0.1) is 5.92 Å². The van der Waals surface area contributed by atoms with E-state index in [0.717, 1.165) is 16.8 Å². The van der Waals surface area contributed by atoms with E-state index in [4.69, 9.17) is 11.6 Å². The first-order valence-corrected chi connectivity index (χ1v) is 9.30. The summed E-state index contributed by atoms with van der Waals surface area (Å²) in [5, 5.41) is 8.39. The molecular weight excluding hydrogens is 360 g/mol. The van der Waals surface area contributed by atoms with Crippen molar-refractivity contribution < 1.29 is 4.79 Å². The molecule has 0 unspecified atom stereocenters. The van der Waals surface area contributed by atoms with Crippen LogP contribution >= 0.6 is 11.6 Å². The van der Waals surface area contributed by atoms with E-state index in [1.807, 2.05) is 59.3 Å². The number of nitrogens with one attached hydrogen (secondary N) is 1. The lowest BCUT2D eigenvalue weighted by Gasteiger charge is -2.38. The summed E-state index contributed by atoms with van der Waals surface area (Å²) >= 11 is 6.01. The van der Waals surface area contributed by atoms with Crippen LogP contribution in [0.3, 0.4) is 0 Å². The number of carbonyl (C=O) groups excluding carboxylic acids is 1. The van der Waals surface area contributed by atoms with Crippen LogP contribution < -0.4 is 5.32 Å². The van der Waals surface area contributed by atoms with Crippen molar-refractivity contribution in [3.63, 3.8) is 0 Å². The maximum absolute atomic E-state index is 13.2. The van der Waals surface area contributed by atoms with Crippen molar-refractivity contribution in [3.8, 4) is 0 Å². The smallest absolute Gasteiger partial charge is 0.226 e. The van der Waals surface area contributed by atoms with Gasteiger partial charge in [0.1, 0.15) is 12.1 Å². The van der Waals surface area contributed by atoms with Gasteiger partial charge < -0.3 is 5.32 Å². The Bertz CT molecular complexity index is 1030. The lowest BCUT2D eigenvalue weighted by atomic mass is 9.76. The molecule has 6 heteroatoms. The Morgan fingerprint density at radius 1 is 1.04 bits per heavy atom. The molecule has 2 heterocycles. The summed E-state index contributed by atoms with van der Waals surface area (Å²) in [5.74, 6) is 0.607. The standard InChI is InChI=1S/C21H17ClN4O/c22-16-8-6-13(7-9-16)15-10-17-19(18(27)11-15)20(14-4-2-1-3-5-14)26-21(25-17)23-12-24-26/h1-10,12,15,19-20H,11H2,(H,23,24,25)/t15-,19-,20-/m1/s1. The van der Waals surface area contributed by atoms with Gasteiger partial charge in [-0.25, -0.2) is 4.68 Å². The third kappa shape index (κ3) is 2.75. The molecule has 0 spiro atoms. The minimum absolute atomic E-state index is 0.0272. The molecule has 3 atom stereocenters. The van der Waals surface area contributed by atoms with Crippen LogP contribution in [0.15, 0.2) is 72.7 Å². The van der Waals surface area contributed by atoms with Gasteiger partial charge in [-0.2, -0.15) is 10.1 Å². The molecule has 3 aromatic rings. The summed E-state index contributed by atoms with van der Waals surface area (Å²) in [6.07, 6.45) is 4.14. The predicted octanol–water partition coefficient (Wildman–Crippen LogP) is 4.20. The van der Waals surface area contributed by atoms with Gasteiger partial charge >= 0.3 is 0 Å². The van der Waals surface area contributed by atoms with Crippen molar-refractivity contribution in [2.24, 2.45) is 5.92 Å². The van der Waals surface area contributed by atoms with Gasteiger partial charge in [-0.15, -0.1) is 0 Å². The normalized spacial score (nSPS) is 23.8. The first-order valence-electron chi connectivity index (χ1n) is 8.92. The van der Waals surface area contributed by atoms with Crippen LogP contribution in [0.4, 0.5) is 5.95 Å². The fraction of sp³-hybridized carbons (Fsp3) is 0.190. The highest BCUT2D eigenvalue weighted by Gasteiger charge is 2.43. The number of carbonyl (C=O) groups is 1. The highest BCUT2D eigenvalue weighted by molar-refractivity contribution is 6.30. The number of nitrogens with zero attached hydrogens (tertiary/aromatic N) is 3. The molecule has 0 saturated carbocycles. The number of hydrogen-bond donors (Lipinski definition) is 1.